The van der Waals surface area contributed by atoms with E-state index in [4.69, 9.17) is 4.74 Å². The summed E-state index contributed by atoms with van der Waals surface area (Å²) in [6.07, 6.45) is 2.60. The molecule has 1 unspecified atom stereocenters. The summed E-state index contributed by atoms with van der Waals surface area (Å²) in [6.45, 7) is 4.20. The first-order valence-corrected chi connectivity index (χ1v) is 7.57. The topological polar surface area (TPSA) is 35.5 Å². The molecule has 0 spiro atoms. The van der Waals surface area contributed by atoms with Gasteiger partial charge >= 0.3 is 12.3 Å². The number of halogens is 3. The summed E-state index contributed by atoms with van der Waals surface area (Å²) in [5.41, 5.74) is 0.828. The van der Waals surface area contributed by atoms with E-state index in [-0.39, 0.29) is 17.6 Å². The molecule has 24 heavy (non-hydrogen) atoms. The molecule has 1 aromatic carbocycles. The quantitative estimate of drug-likeness (QED) is 0.704. The van der Waals surface area contributed by atoms with Crippen LogP contribution in [-0.4, -0.2) is 18.9 Å². The van der Waals surface area contributed by atoms with Crippen molar-refractivity contribution in [3.05, 3.63) is 53.6 Å². The van der Waals surface area contributed by atoms with Crippen LogP contribution in [0.2, 0.25) is 0 Å². The second kappa shape index (κ2) is 7.11. The number of rotatable bonds is 5. The number of hydrogen-bond donors (Lipinski definition) is 0. The second-order valence-corrected chi connectivity index (χ2v) is 5.97. The number of allylic oxidation sites excluding steroid dienone is 4. The van der Waals surface area contributed by atoms with E-state index < -0.39 is 18.1 Å². The Labute approximate surface area is 138 Å². The fourth-order valence-corrected chi connectivity index (χ4v) is 2.50. The molecule has 6 heteroatoms. The molecule has 0 radical (unpaired) electrons. The molecule has 0 saturated carbocycles. The lowest BCUT2D eigenvalue weighted by atomic mass is 9.75. The molecule has 0 saturated heterocycles. The zero-order valence-corrected chi connectivity index (χ0v) is 13.5. The standard InChI is InChI=1S/C18H19F3O3/c1-13-7-5-6-10-17(13,2)11-12-23-16(22)14-8-3-4-9-15(14)24-18(19,20)21/h3-9H,10-12H2,1-2H3. The molecule has 1 aliphatic carbocycles. The highest BCUT2D eigenvalue weighted by Gasteiger charge is 2.33. The minimum atomic E-state index is -4.86. The van der Waals surface area contributed by atoms with Crippen LogP contribution >= 0.6 is 0 Å². The predicted octanol–water partition coefficient (Wildman–Crippen LogP) is 5.04. The van der Waals surface area contributed by atoms with Crippen LogP contribution < -0.4 is 4.74 Å². The van der Waals surface area contributed by atoms with Crippen LogP contribution in [0.25, 0.3) is 0 Å². The van der Waals surface area contributed by atoms with Crippen molar-refractivity contribution < 1.29 is 27.4 Å². The fraction of sp³-hybridized carbons (Fsp3) is 0.389. The van der Waals surface area contributed by atoms with Gasteiger partial charge in [0.25, 0.3) is 0 Å². The first kappa shape index (κ1) is 18.1. The van der Waals surface area contributed by atoms with Gasteiger partial charge in [-0.05, 0) is 37.3 Å². The van der Waals surface area contributed by atoms with Gasteiger partial charge in [0.05, 0.1) is 6.61 Å². The summed E-state index contributed by atoms with van der Waals surface area (Å²) in [7, 11) is 0. The van der Waals surface area contributed by atoms with Crippen LogP contribution in [0, 0.1) is 5.41 Å². The smallest absolute Gasteiger partial charge is 0.462 e. The Morgan fingerprint density at radius 1 is 1.29 bits per heavy atom. The maximum atomic E-state index is 12.4. The molecule has 0 fully saturated rings. The SMILES string of the molecule is CC1=CC=CCC1(C)CCOC(=O)c1ccccc1OC(F)(F)F. The van der Waals surface area contributed by atoms with E-state index in [2.05, 4.69) is 11.7 Å². The average molecular weight is 340 g/mol. The molecule has 1 atom stereocenters. The predicted molar refractivity (Wildman–Crippen MR) is 83.6 cm³/mol. The lowest BCUT2D eigenvalue weighted by Crippen LogP contribution is -2.23. The van der Waals surface area contributed by atoms with Gasteiger partial charge in [-0.1, -0.05) is 42.9 Å². The van der Waals surface area contributed by atoms with E-state index in [0.717, 1.165) is 12.5 Å². The van der Waals surface area contributed by atoms with Gasteiger partial charge in [-0.15, -0.1) is 13.2 Å². The van der Waals surface area contributed by atoms with E-state index in [1.165, 1.54) is 23.8 Å². The van der Waals surface area contributed by atoms with Gasteiger partial charge < -0.3 is 9.47 Å². The minimum absolute atomic E-state index is 0.114. The number of para-hydroxylation sites is 1. The van der Waals surface area contributed by atoms with Gasteiger partial charge in [-0.2, -0.15) is 0 Å². The highest BCUT2D eigenvalue weighted by atomic mass is 19.4. The Bertz CT molecular complexity index is 662. The zero-order chi connectivity index (χ0) is 17.8. The Balaban J connectivity index is 1.99. The van der Waals surface area contributed by atoms with Crippen LogP contribution in [0.4, 0.5) is 13.2 Å². The number of hydrogen-bond acceptors (Lipinski definition) is 3. The highest BCUT2D eigenvalue weighted by Crippen LogP contribution is 2.37. The molecule has 0 aliphatic heterocycles. The van der Waals surface area contributed by atoms with Crippen molar-refractivity contribution in [3.8, 4) is 5.75 Å². The molecule has 2 rings (SSSR count). The van der Waals surface area contributed by atoms with Gasteiger partial charge in [0.1, 0.15) is 11.3 Å². The lowest BCUT2D eigenvalue weighted by molar-refractivity contribution is -0.274. The van der Waals surface area contributed by atoms with E-state index in [0.29, 0.717) is 6.42 Å². The number of benzene rings is 1. The zero-order valence-electron chi connectivity index (χ0n) is 13.5. The molecular formula is C18H19F3O3. The Hall–Kier alpha value is -2.24. The molecule has 0 heterocycles. The minimum Gasteiger partial charge on any atom is -0.462 e. The average Bonchev–Trinajstić information content (AvgIpc) is 2.49. The van der Waals surface area contributed by atoms with Crippen molar-refractivity contribution >= 4 is 5.97 Å². The molecule has 0 aromatic heterocycles. The van der Waals surface area contributed by atoms with Crippen LogP contribution in [0.1, 0.15) is 37.0 Å². The van der Waals surface area contributed by atoms with Crippen molar-refractivity contribution in [2.24, 2.45) is 5.41 Å². The van der Waals surface area contributed by atoms with Crippen LogP contribution in [-0.2, 0) is 4.74 Å². The Morgan fingerprint density at radius 3 is 2.67 bits per heavy atom. The summed E-state index contributed by atoms with van der Waals surface area (Å²) < 4.78 is 46.2. The fourth-order valence-electron chi connectivity index (χ4n) is 2.50. The van der Waals surface area contributed by atoms with Crippen molar-refractivity contribution in [2.75, 3.05) is 6.61 Å². The summed E-state index contributed by atoms with van der Waals surface area (Å²) in [5.74, 6) is -1.38. The van der Waals surface area contributed by atoms with Gasteiger partial charge in [-0.3, -0.25) is 0 Å². The number of ether oxygens (including phenoxy) is 2. The summed E-state index contributed by atoms with van der Waals surface area (Å²) in [4.78, 5) is 12.1. The summed E-state index contributed by atoms with van der Waals surface area (Å²) in [6, 6.07) is 5.16. The van der Waals surface area contributed by atoms with Gasteiger partial charge in [0.15, 0.2) is 0 Å². The summed E-state index contributed by atoms with van der Waals surface area (Å²) in [5, 5.41) is 0. The molecule has 0 bridgehead atoms. The maximum absolute atomic E-state index is 12.4. The number of carbonyl (C=O) groups is 1. The van der Waals surface area contributed by atoms with Gasteiger partial charge in [-0.25, -0.2) is 4.79 Å². The van der Waals surface area contributed by atoms with Crippen LogP contribution in [0.3, 0.4) is 0 Å². The van der Waals surface area contributed by atoms with E-state index >= 15 is 0 Å². The van der Waals surface area contributed by atoms with E-state index in [1.54, 1.807) is 0 Å². The number of esters is 1. The third kappa shape index (κ3) is 4.63. The maximum Gasteiger partial charge on any atom is 0.573 e. The second-order valence-electron chi connectivity index (χ2n) is 5.97. The van der Waals surface area contributed by atoms with E-state index in [1.807, 2.05) is 25.2 Å². The largest absolute Gasteiger partial charge is 0.573 e. The van der Waals surface area contributed by atoms with Crippen molar-refractivity contribution in [1.82, 2.24) is 0 Å². The van der Waals surface area contributed by atoms with Gasteiger partial charge in [0.2, 0.25) is 0 Å². The van der Waals surface area contributed by atoms with Crippen LogP contribution in [0.5, 0.6) is 5.75 Å². The molecule has 1 aromatic rings. The molecule has 0 amide bonds. The highest BCUT2D eigenvalue weighted by molar-refractivity contribution is 5.92. The third-order valence-electron chi connectivity index (χ3n) is 4.22. The molecule has 1 aliphatic rings. The first-order valence-electron chi connectivity index (χ1n) is 7.57. The van der Waals surface area contributed by atoms with Crippen molar-refractivity contribution in [3.63, 3.8) is 0 Å². The third-order valence-corrected chi connectivity index (χ3v) is 4.22. The summed E-state index contributed by atoms with van der Waals surface area (Å²) >= 11 is 0. The number of alkyl halides is 3. The van der Waals surface area contributed by atoms with Crippen molar-refractivity contribution in [1.29, 1.82) is 0 Å². The monoisotopic (exact) mass is 340 g/mol. The molecule has 0 N–H and O–H groups in total. The number of carbonyl (C=O) groups excluding carboxylic acids is 1. The van der Waals surface area contributed by atoms with Crippen LogP contribution in [0.15, 0.2) is 48.1 Å². The Kier molecular flexibility index (Phi) is 5.36. The Morgan fingerprint density at radius 2 is 2.00 bits per heavy atom. The van der Waals surface area contributed by atoms with E-state index in [9.17, 15) is 18.0 Å². The molecule has 3 nitrogen and oxygen atoms in total. The van der Waals surface area contributed by atoms with Gasteiger partial charge in [0, 0.05) is 0 Å². The van der Waals surface area contributed by atoms with Crippen molar-refractivity contribution in [2.45, 2.75) is 33.1 Å². The molecule has 130 valence electrons. The molecular weight excluding hydrogens is 321 g/mol. The lowest BCUT2D eigenvalue weighted by Gasteiger charge is -2.31. The normalized spacial score (nSPS) is 20.5. The first-order chi connectivity index (χ1) is 11.2.